The SMILES string of the molecule is CCNC(=NCCCN1CCN(c2cccc(C)c2)CC1)N1CCC(COC)C1. The average Bonchev–Trinajstić information content (AvgIpc) is 3.19. The molecule has 0 saturated carbocycles. The minimum atomic E-state index is 0.633. The highest BCUT2D eigenvalue weighted by molar-refractivity contribution is 5.80. The van der Waals surface area contributed by atoms with Crippen molar-refractivity contribution in [1.29, 1.82) is 0 Å². The monoisotopic (exact) mass is 401 g/mol. The number of piperazine rings is 1. The average molecular weight is 402 g/mol. The van der Waals surface area contributed by atoms with Crippen molar-refractivity contribution in [3.8, 4) is 0 Å². The van der Waals surface area contributed by atoms with Gasteiger partial charge in [-0.15, -0.1) is 0 Å². The zero-order valence-electron chi connectivity index (χ0n) is 18.6. The van der Waals surface area contributed by atoms with Crippen LogP contribution >= 0.6 is 0 Å². The Hall–Kier alpha value is -1.79. The van der Waals surface area contributed by atoms with Gasteiger partial charge in [0.1, 0.15) is 0 Å². The second-order valence-corrected chi connectivity index (χ2v) is 8.31. The molecule has 6 nitrogen and oxygen atoms in total. The molecule has 0 amide bonds. The molecule has 1 aromatic carbocycles. The van der Waals surface area contributed by atoms with Gasteiger partial charge in [-0.25, -0.2) is 0 Å². The number of rotatable bonds is 8. The largest absolute Gasteiger partial charge is 0.384 e. The normalized spacial score (nSPS) is 21.1. The lowest BCUT2D eigenvalue weighted by Crippen LogP contribution is -2.46. The number of aryl methyl sites for hydroxylation is 1. The number of ether oxygens (including phenoxy) is 1. The number of benzene rings is 1. The lowest BCUT2D eigenvalue weighted by Gasteiger charge is -2.36. The van der Waals surface area contributed by atoms with E-state index in [4.69, 9.17) is 9.73 Å². The molecule has 2 aliphatic heterocycles. The molecule has 0 spiro atoms. The molecule has 0 aromatic heterocycles. The van der Waals surface area contributed by atoms with Crippen LogP contribution in [0.1, 0.15) is 25.3 Å². The lowest BCUT2D eigenvalue weighted by atomic mass is 10.1. The Bertz CT molecular complexity index is 642. The molecular formula is C23H39N5O. The van der Waals surface area contributed by atoms with E-state index in [0.29, 0.717) is 5.92 Å². The molecule has 6 heteroatoms. The molecule has 1 aromatic rings. The minimum Gasteiger partial charge on any atom is -0.384 e. The van der Waals surface area contributed by atoms with Crippen LogP contribution in [0.2, 0.25) is 0 Å². The van der Waals surface area contributed by atoms with Crippen molar-refractivity contribution >= 4 is 11.6 Å². The quantitative estimate of drug-likeness (QED) is 0.412. The highest BCUT2D eigenvalue weighted by Gasteiger charge is 2.24. The molecule has 2 fully saturated rings. The maximum atomic E-state index is 5.33. The number of aliphatic imine (C=N–C) groups is 1. The summed E-state index contributed by atoms with van der Waals surface area (Å²) in [6, 6.07) is 8.86. The zero-order chi connectivity index (χ0) is 20.5. The molecule has 29 heavy (non-hydrogen) atoms. The van der Waals surface area contributed by atoms with Crippen LogP contribution in [0, 0.1) is 12.8 Å². The molecular weight excluding hydrogens is 362 g/mol. The van der Waals surface area contributed by atoms with E-state index in [0.717, 1.165) is 77.9 Å². The smallest absolute Gasteiger partial charge is 0.193 e. The maximum absolute atomic E-state index is 5.33. The van der Waals surface area contributed by atoms with Crippen LogP contribution in [0.3, 0.4) is 0 Å². The summed E-state index contributed by atoms with van der Waals surface area (Å²) >= 11 is 0. The Morgan fingerprint density at radius 3 is 2.76 bits per heavy atom. The Morgan fingerprint density at radius 2 is 2.03 bits per heavy atom. The predicted molar refractivity (Wildman–Crippen MR) is 122 cm³/mol. The molecule has 2 aliphatic rings. The Kier molecular flexibility index (Phi) is 8.62. The van der Waals surface area contributed by atoms with E-state index in [9.17, 15) is 0 Å². The van der Waals surface area contributed by atoms with E-state index < -0.39 is 0 Å². The second-order valence-electron chi connectivity index (χ2n) is 8.31. The number of nitrogens with one attached hydrogen (secondary N) is 1. The third kappa shape index (κ3) is 6.61. The van der Waals surface area contributed by atoms with E-state index in [1.807, 2.05) is 0 Å². The molecule has 1 N–H and O–H groups in total. The van der Waals surface area contributed by atoms with E-state index in [1.54, 1.807) is 7.11 Å². The highest BCUT2D eigenvalue weighted by Crippen LogP contribution is 2.18. The number of hydrogen-bond donors (Lipinski definition) is 1. The van der Waals surface area contributed by atoms with Gasteiger partial charge in [0.2, 0.25) is 0 Å². The van der Waals surface area contributed by atoms with Crippen LogP contribution in [-0.4, -0.2) is 88.4 Å². The predicted octanol–water partition coefficient (Wildman–Crippen LogP) is 2.44. The van der Waals surface area contributed by atoms with Crippen molar-refractivity contribution < 1.29 is 4.74 Å². The molecule has 0 aliphatic carbocycles. The number of methoxy groups -OCH3 is 1. The van der Waals surface area contributed by atoms with Gasteiger partial charge in [0, 0.05) is 77.6 Å². The summed E-state index contributed by atoms with van der Waals surface area (Å²) < 4.78 is 5.33. The van der Waals surface area contributed by atoms with Gasteiger partial charge in [-0.2, -0.15) is 0 Å². The number of likely N-dealkylation sites (tertiary alicyclic amines) is 1. The first-order chi connectivity index (χ1) is 14.2. The summed E-state index contributed by atoms with van der Waals surface area (Å²) in [6.45, 7) is 14.8. The fraction of sp³-hybridized carbons (Fsp3) is 0.696. The molecule has 1 unspecified atom stereocenters. The first kappa shape index (κ1) is 21.9. The Labute approximate surface area is 176 Å². The molecule has 0 bridgehead atoms. The minimum absolute atomic E-state index is 0.633. The van der Waals surface area contributed by atoms with Crippen LogP contribution in [0.25, 0.3) is 0 Å². The molecule has 0 radical (unpaired) electrons. The van der Waals surface area contributed by atoms with Gasteiger partial charge in [0.15, 0.2) is 5.96 Å². The van der Waals surface area contributed by atoms with Crippen LogP contribution < -0.4 is 10.2 Å². The van der Waals surface area contributed by atoms with Gasteiger partial charge >= 0.3 is 0 Å². The second kappa shape index (κ2) is 11.4. The Morgan fingerprint density at radius 1 is 1.21 bits per heavy atom. The topological polar surface area (TPSA) is 43.3 Å². The van der Waals surface area contributed by atoms with Gasteiger partial charge in [0.25, 0.3) is 0 Å². The first-order valence-electron chi connectivity index (χ1n) is 11.3. The van der Waals surface area contributed by atoms with Crippen molar-refractivity contribution in [2.45, 2.75) is 26.7 Å². The first-order valence-corrected chi connectivity index (χ1v) is 11.3. The molecule has 162 valence electrons. The van der Waals surface area contributed by atoms with Crippen LogP contribution in [0.5, 0.6) is 0 Å². The highest BCUT2D eigenvalue weighted by atomic mass is 16.5. The molecule has 1 atom stereocenters. The van der Waals surface area contributed by atoms with Crippen LogP contribution in [-0.2, 0) is 4.74 Å². The van der Waals surface area contributed by atoms with Gasteiger partial charge in [0.05, 0.1) is 6.61 Å². The molecule has 3 rings (SSSR count). The third-order valence-electron chi connectivity index (χ3n) is 5.96. The van der Waals surface area contributed by atoms with Crippen molar-refractivity contribution in [2.24, 2.45) is 10.9 Å². The van der Waals surface area contributed by atoms with E-state index >= 15 is 0 Å². The standard InChI is InChI=1S/C23H39N5O/c1-4-24-23(28-12-9-21(18-28)19-29-3)25-10-6-11-26-13-15-27(16-14-26)22-8-5-7-20(2)17-22/h5,7-8,17,21H,4,6,9-16,18-19H2,1-3H3,(H,24,25). The van der Waals surface area contributed by atoms with Gasteiger partial charge in [-0.05, 0) is 44.4 Å². The lowest BCUT2D eigenvalue weighted by molar-refractivity contribution is 0.157. The van der Waals surface area contributed by atoms with Crippen molar-refractivity contribution in [2.75, 3.05) is 77.5 Å². The fourth-order valence-electron chi connectivity index (χ4n) is 4.36. The summed E-state index contributed by atoms with van der Waals surface area (Å²) in [7, 11) is 1.79. The maximum Gasteiger partial charge on any atom is 0.193 e. The Balaban J connectivity index is 1.39. The van der Waals surface area contributed by atoms with Crippen molar-refractivity contribution in [1.82, 2.24) is 15.1 Å². The summed E-state index contributed by atoms with van der Waals surface area (Å²) in [4.78, 5) is 12.4. The van der Waals surface area contributed by atoms with E-state index in [2.05, 4.69) is 58.1 Å². The van der Waals surface area contributed by atoms with Crippen LogP contribution in [0.15, 0.2) is 29.3 Å². The van der Waals surface area contributed by atoms with E-state index in [-0.39, 0.29) is 0 Å². The summed E-state index contributed by atoms with van der Waals surface area (Å²) in [5.74, 6) is 1.71. The van der Waals surface area contributed by atoms with Crippen LogP contribution in [0.4, 0.5) is 5.69 Å². The van der Waals surface area contributed by atoms with Gasteiger partial charge in [-0.3, -0.25) is 9.89 Å². The van der Waals surface area contributed by atoms with Gasteiger partial charge < -0.3 is 19.9 Å². The summed E-state index contributed by atoms with van der Waals surface area (Å²) in [5, 5.41) is 3.47. The third-order valence-corrected chi connectivity index (χ3v) is 5.96. The summed E-state index contributed by atoms with van der Waals surface area (Å²) in [6.07, 6.45) is 2.32. The summed E-state index contributed by atoms with van der Waals surface area (Å²) in [5.41, 5.74) is 2.70. The number of anilines is 1. The molecule has 2 saturated heterocycles. The van der Waals surface area contributed by atoms with Gasteiger partial charge in [-0.1, -0.05) is 12.1 Å². The number of nitrogens with zero attached hydrogens (tertiary/aromatic N) is 4. The van der Waals surface area contributed by atoms with Crippen molar-refractivity contribution in [3.63, 3.8) is 0 Å². The molecule has 2 heterocycles. The number of guanidine groups is 1. The zero-order valence-corrected chi connectivity index (χ0v) is 18.6. The van der Waals surface area contributed by atoms with Crippen molar-refractivity contribution in [3.05, 3.63) is 29.8 Å². The van der Waals surface area contributed by atoms with E-state index in [1.165, 1.54) is 17.7 Å². The number of hydrogen-bond acceptors (Lipinski definition) is 4. The fourth-order valence-corrected chi connectivity index (χ4v) is 4.36.